The Labute approximate surface area is 177 Å². The molecule has 2 saturated heterocycles. The fourth-order valence-electron chi connectivity index (χ4n) is 4.32. The van der Waals surface area contributed by atoms with Crippen LogP contribution in [0, 0.1) is 11.8 Å². The Hall–Kier alpha value is -2.35. The number of nitrogens with one attached hydrogen (secondary N) is 2. The van der Waals surface area contributed by atoms with Gasteiger partial charge in [-0.2, -0.15) is 9.97 Å². The first kappa shape index (κ1) is 19.9. The Balaban J connectivity index is 1.51. The molecule has 0 bridgehead atoms. The SMILES string of the molecule is C[C@@H]1C[C@@H](C)CN(c2cc(N3CCCC3)nc(NC(=S)NCc3ccco3)n2)C1. The maximum Gasteiger partial charge on any atom is 0.232 e. The maximum absolute atomic E-state index is 5.45. The minimum Gasteiger partial charge on any atom is -0.467 e. The van der Waals surface area contributed by atoms with Gasteiger partial charge >= 0.3 is 0 Å². The molecule has 0 amide bonds. The van der Waals surface area contributed by atoms with Crippen LogP contribution in [-0.4, -0.2) is 41.3 Å². The molecule has 2 aromatic heterocycles. The van der Waals surface area contributed by atoms with Crippen molar-refractivity contribution in [3.05, 3.63) is 30.2 Å². The largest absolute Gasteiger partial charge is 0.467 e. The topological polar surface area (TPSA) is 69.5 Å². The summed E-state index contributed by atoms with van der Waals surface area (Å²) >= 11 is 5.45. The van der Waals surface area contributed by atoms with Gasteiger partial charge in [0.25, 0.3) is 0 Å². The average Bonchev–Trinajstić information content (AvgIpc) is 3.39. The van der Waals surface area contributed by atoms with Crippen LogP contribution < -0.4 is 20.4 Å². The molecule has 2 aliphatic rings. The van der Waals surface area contributed by atoms with Crippen molar-refractivity contribution in [2.45, 2.75) is 39.7 Å². The van der Waals surface area contributed by atoms with Crippen molar-refractivity contribution in [1.29, 1.82) is 0 Å². The lowest BCUT2D eigenvalue weighted by Gasteiger charge is -2.36. The van der Waals surface area contributed by atoms with Crippen molar-refractivity contribution in [1.82, 2.24) is 15.3 Å². The van der Waals surface area contributed by atoms with Gasteiger partial charge in [0.1, 0.15) is 17.4 Å². The van der Waals surface area contributed by atoms with Gasteiger partial charge in [-0.05, 0) is 55.4 Å². The zero-order chi connectivity index (χ0) is 20.2. The van der Waals surface area contributed by atoms with Gasteiger partial charge in [0.2, 0.25) is 5.95 Å². The third-order valence-electron chi connectivity index (χ3n) is 5.55. The Kier molecular flexibility index (Phi) is 6.18. The molecule has 0 radical (unpaired) electrons. The summed E-state index contributed by atoms with van der Waals surface area (Å²) < 4.78 is 5.34. The lowest BCUT2D eigenvalue weighted by Crippen LogP contribution is -2.39. The van der Waals surface area contributed by atoms with Crippen LogP contribution in [0.3, 0.4) is 0 Å². The number of thiocarbonyl (C=S) groups is 1. The molecule has 2 N–H and O–H groups in total. The summed E-state index contributed by atoms with van der Waals surface area (Å²) in [5.74, 6) is 4.67. The summed E-state index contributed by atoms with van der Waals surface area (Å²) in [5, 5.41) is 6.82. The summed E-state index contributed by atoms with van der Waals surface area (Å²) in [6.07, 6.45) is 5.35. The van der Waals surface area contributed by atoms with E-state index in [4.69, 9.17) is 26.6 Å². The quantitative estimate of drug-likeness (QED) is 0.719. The van der Waals surface area contributed by atoms with Gasteiger partial charge < -0.3 is 24.9 Å². The molecule has 0 saturated carbocycles. The zero-order valence-electron chi connectivity index (χ0n) is 17.2. The fourth-order valence-corrected chi connectivity index (χ4v) is 4.49. The Morgan fingerprint density at radius 1 is 1.14 bits per heavy atom. The number of rotatable bonds is 5. The van der Waals surface area contributed by atoms with Crippen LogP contribution in [0.15, 0.2) is 28.9 Å². The van der Waals surface area contributed by atoms with E-state index in [-0.39, 0.29) is 0 Å². The van der Waals surface area contributed by atoms with Crippen molar-refractivity contribution in [2.75, 3.05) is 41.3 Å². The Morgan fingerprint density at radius 3 is 2.48 bits per heavy atom. The maximum atomic E-state index is 5.45. The van der Waals surface area contributed by atoms with E-state index in [9.17, 15) is 0 Å². The summed E-state index contributed by atoms with van der Waals surface area (Å²) in [6, 6.07) is 5.92. The molecule has 2 fully saturated rings. The predicted molar refractivity (Wildman–Crippen MR) is 120 cm³/mol. The molecule has 2 atom stereocenters. The van der Waals surface area contributed by atoms with Crippen molar-refractivity contribution in [3.63, 3.8) is 0 Å². The van der Waals surface area contributed by atoms with Gasteiger partial charge in [0.05, 0.1) is 12.8 Å². The molecule has 0 aromatic carbocycles. The van der Waals surface area contributed by atoms with Gasteiger partial charge in [-0.1, -0.05) is 13.8 Å². The second-order valence-electron chi connectivity index (χ2n) is 8.34. The highest BCUT2D eigenvalue weighted by atomic mass is 32.1. The molecule has 0 unspecified atom stereocenters. The lowest BCUT2D eigenvalue weighted by molar-refractivity contribution is 0.355. The van der Waals surface area contributed by atoms with E-state index in [0.717, 1.165) is 43.6 Å². The Morgan fingerprint density at radius 2 is 1.83 bits per heavy atom. The summed E-state index contributed by atoms with van der Waals surface area (Å²) in [7, 11) is 0. The molecule has 0 aliphatic carbocycles. The average molecular weight is 415 g/mol. The highest BCUT2D eigenvalue weighted by molar-refractivity contribution is 7.80. The molecular formula is C21H30N6OS. The molecule has 4 rings (SSSR count). The highest BCUT2D eigenvalue weighted by Crippen LogP contribution is 2.29. The van der Waals surface area contributed by atoms with E-state index in [0.29, 0.717) is 29.4 Å². The molecular weight excluding hydrogens is 384 g/mol. The lowest BCUT2D eigenvalue weighted by atomic mass is 9.92. The number of hydrogen-bond acceptors (Lipinski definition) is 6. The molecule has 8 heteroatoms. The van der Waals surface area contributed by atoms with Crippen LogP contribution in [0.1, 0.15) is 38.9 Å². The van der Waals surface area contributed by atoms with E-state index in [1.165, 1.54) is 19.3 Å². The summed E-state index contributed by atoms with van der Waals surface area (Å²) in [4.78, 5) is 14.3. The number of aromatic nitrogens is 2. The molecule has 4 heterocycles. The monoisotopic (exact) mass is 414 g/mol. The van der Waals surface area contributed by atoms with Crippen LogP contribution in [0.4, 0.5) is 17.6 Å². The first-order valence-electron chi connectivity index (χ1n) is 10.5. The molecule has 2 aliphatic heterocycles. The third-order valence-corrected chi connectivity index (χ3v) is 5.80. The third kappa shape index (κ3) is 5.18. The van der Waals surface area contributed by atoms with Gasteiger partial charge in [-0.25, -0.2) is 0 Å². The number of hydrogen-bond donors (Lipinski definition) is 2. The summed E-state index contributed by atoms with van der Waals surface area (Å²) in [6.45, 7) is 9.31. The highest BCUT2D eigenvalue weighted by Gasteiger charge is 2.25. The Bertz CT molecular complexity index is 811. The van der Waals surface area contributed by atoms with Gasteiger partial charge in [-0.15, -0.1) is 0 Å². The van der Waals surface area contributed by atoms with Crippen LogP contribution in [0.25, 0.3) is 0 Å². The molecule has 156 valence electrons. The molecule has 29 heavy (non-hydrogen) atoms. The van der Waals surface area contributed by atoms with Crippen LogP contribution in [0.5, 0.6) is 0 Å². The standard InChI is InChI=1S/C21H30N6OS/c1-15-10-16(2)14-27(13-15)19-11-18(26-7-3-4-8-26)23-20(24-19)25-21(29)22-12-17-6-5-9-28-17/h5-6,9,11,15-16H,3-4,7-8,10,12-14H2,1-2H3,(H2,22,23,24,25,29)/t15-,16-/m1/s1. The second-order valence-corrected chi connectivity index (χ2v) is 8.75. The van der Waals surface area contributed by atoms with Crippen LogP contribution in [-0.2, 0) is 6.54 Å². The minimum atomic E-state index is 0.492. The number of furan rings is 1. The smallest absolute Gasteiger partial charge is 0.232 e. The predicted octanol–water partition coefficient (Wildman–Crippen LogP) is 3.64. The van der Waals surface area contributed by atoms with Gasteiger partial charge in [0.15, 0.2) is 5.11 Å². The number of nitrogens with zero attached hydrogens (tertiary/aromatic N) is 4. The van der Waals surface area contributed by atoms with Crippen LogP contribution >= 0.6 is 12.2 Å². The first-order valence-corrected chi connectivity index (χ1v) is 10.9. The molecule has 0 spiro atoms. The second kappa shape index (κ2) is 8.98. The number of anilines is 3. The normalized spacial score (nSPS) is 22.0. The first-order chi connectivity index (χ1) is 14.1. The fraction of sp³-hybridized carbons (Fsp3) is 0.571. The van der Waals surface area contributed by atoms with Crippen molar-refractivity contribution < 1.29 is 4.42 Å². The van der Waals surface area contributed by atoms with E-state index in [1.54, 1.807) is 6.26 Å². The van der Waals surface area contributed by atoms with Gasteiger partial charge in [-0.3, -0.25) is 0 Å². The van der Waals surface area contributed by atoms with E-state index in [1.807, 2.05) is 12.1 Å². The molecule has 7 nitrogen and oxygen atoms in total. The molecule has 2 aromatic rings. The van der Waals surface area contributed by atoms with Crippen molar-refractivity contribution >= 4 is 34.9 Å². The van der Waals surface area contributed by atoms with Crippen molar-refractivity contribution in [3.8, 4) is 0 Å². The van der Waals surface area contributed by atoms with E-state index in [2.05, 4.69) is 40.3 Å². The van der Waals surface area contributed by atoms with Crippen LogP contribution in [0.2, 0.25) is 0 Å². The van der Waals surface area contributed by atoms with Crippen molar-refractivity contribution in [2.24, 2.45) is 11.8 Å². The van der Waals surface area contributed by atoms with Gasteiger partial charge in [0, 0.05) is 32.2 Å². The van der Waals surface area contributed by atoms with E-state index >= 15 is 0 Å². The minimum absolute atomic E-state index is 0.492. The number of piperidine rings is 1. The zero-order valence-corrected chi connectivity index (χ0v) is 18.0. The van der Waals surface area contributed by atoms with E-state index < -0.39 is 0 Å². The summed E-state index contributed by atoms with van der Waals surface area (Å²) in [5.41, 5.74) is 0.